The SMILES string of the molecule is CC(O)(CN1CCCNCC1)c1ccc(F)c(F)c1. The third kappa shape index (κ3) is 3.72. The zero-order valence-electron chi connectivity index (χ0n) is 11.1. The summed E-state index contributed by atoms with van der Waals surface area (Å²) >= 11 is 0. The quantitative estimate of drug-likeness (QED) is 0.873. The molecule has 1 aromatic carbocycles. The van der Waals surface area contributed by atoms with Crippen LogP contribution in [0.1, 0.15) is 18.9 Å². The molecule has 106 valence electrons. The molecule has 1 aliphatic heterocycles. The standard InChI is InChI=1S/C14H20F2N2O/c1-14(19,10-18-7-2-5-17-6-8-18)11-3-4-12(15)13(16)9-11/h3-4,9,17,19H,2,5-8,10H2,1H3. The summed E-state index contributed by atoms with van der Waals surface area (Å²) in [7, 11) is 0. The summed E-state index contributed by atoms with van der Waals surface area (Å²) in [6.45, 7) is 5.65. The number of benzene rings is 1. The Balaban J connectivity index is 2.09. The minimum absolute atomic E-state index is 0.406. The van der Waals surface area contributed by atoms with Gasteiger partial charge in [0, 0.05) is 19.6 Å². The molecule has 5 heteroatoms. The Bertz CT molecular complexity index is 429. The minimum atomic E-state index is -1.18. The molecule has 1 aliphatic rings. The maximum absolute atomic E-state index is 13.2. The van der Waals surface area contributed by atoms with E-state index in [4.69, 9.17) is 0 Å². The average Bonchev–Trinajstić information content (AvgIpc) is 2.60. The molecule has 3 nitrogen and oxygen atoms in total. The Kier molecular flexibility index (Phi) is 4.50. The van der Waals surface area contributed by atoms with Crippen molar-refractivity contribution < 1.29 is 13.9 Å². The van der Waals surface area contributed by atoms with Crippen molar-refractivity contribution in [1.29, 1.82) is 0 Å². The van der Waals surface area contributed by atoms with Crippen LogP contribution in [0.3, 0.4) is 0 Å². The monoisotopic (exact) mass is 270 g/mol. The fourth-order valence-corrected chi connectivity index (χ4v) is 2.42. The van der Waals surface area contributed by atoms with Gasteiger partial charge >= 0.3 is 0 Å². The first-order chi connectivity index (χ1) is 8.99. The number of hydrogen-bond donors (Lipinski definition) is 2. The summed E-state index contributed by atoms with van der Waals surface area (Å²) in [5, 5.41) is 13.8. The maximum Gasteiger partial charge on any atom is 0.159 e. The third-order valence-corrected chi connectivity index (χ3v) is 3.51. The molecule has 2 rings (SSSR count). The lowest BCUT2D eigenvalue weighted by Crippen LogP contribution is -2.40. The zero-order valence-corrected chi connectivity index (χ0v) is 11.1. The van der Waals surface area contributed by atoms with Crippen molar-refractivity contribution in [1.82, 2.24) is 10.2 Å². The smallest absolute Gasteiger partial charge is 0.159 e. The van der Waals surface area contributed by atoms with Gasteiger partial charge in [-0.05, 0) is 44.1 Å². The van der Waals surface area contributed by atoms with Crippen LogP contribution >= 0.6 is 0 Å². The Morgan fingerprint density at radius 3 is 2.79 bits per heavy atom. The summed E-state index contributed by atoms with van der Waals surface area (Å²) in [5.74, 6) is -1.81. The molecule has 19 heavy (non-hydrogen) atoms. The first kappa shape index (κ1) is 14.4. The van der Waals surface area contributed by atoms with E-state index in [0.29, 0.717) is 12.1 Å². The van der Waals surface area contributed by atoms with Gasteiger partial charge in [-0.3, -0.25) is 4.90 Å². The molecule has 0 aromatic heterocycles. The van der Waals surface area contributed by atoms with Crippen molar-refractivity contribution in [3.8, 4) is 0 Å². The molecule has 1 aromatic rings. The van der Waals surface area contributed by atoms with Crippen molar-refractivity contribution in [2.75, 3.05) is 32.7 Å². The highest BCUT2D eigenvalue weighted by molar-refractivity contribution is 5.24. The van der Waals surface area contributed by atoms with E-state index in [0.717, 1.165) is 44.7 Å². The lowest BCUT2D eigenvalue weighted by Gasteiger charge is -2.31. The topological polar surface area (TPSA) is 35.5 Å². The lowest BCUT2D eigenvalue weighted by atomic mass is 9.95. The summed E-state index contributed by atoms with van der Waals surface area (Å²) in [5.41, 5.74) is -0.776. The number of nitrogens with one attached hydrogen (secondary N) is 1. The van der Waals surface area contributed by atoms with E-state index in [1.165, 1.54) is 6.07 Å². The number of nitrogens with zero attached hydrogens (tertiary/aromatic N) is 1. The average molecular weight is 270 g/mol. The Morgan fingerprint density at radius 2 is 2.05 bits per heavy atom. The number of hydrogen-bond acceptors (Lipinski definition) is 3. The van der Waals surface area contributed by atoms with E-state index in [1.54, 1.807) is 6.92 Å². The van der Waals surface area contributed by atoms with Crippen molar-refractivity contribution in [2.24, 2.45) is 0 Å². The van der Waals surface area contributed by atoms with Crippen molar-refractivity contribution >= 4 is 0 Å². The van der Waals surface area contributed by atoms with E-state index >= 15 is 0 Å². The van der Waals surface area contributed by atoms with Crippen molar-refractivity contribution in [3.63, 3.8) is 0 Å². The van der Waals surface area contributed by atoms with Gasteiger partial charge in [0.15, 0.2) is 11.6 Å². The second kappa shape index (κ2) is 5.94. The van der Waals surface area contributed by atoms with Crippen LogP contribution in [0.5, 0.6) is 0 Å². The predicted octanol–water partition coefficient (Wildman–Crippen LogP) is 1.47. The van der Waals surface area contributed by atoms with E-state index in [1.807, 2.05) is 0 Å². The van der Waals surface area contributed by atoms with Gasteiger partial charge in [0.05, 0.1) is 5.60 Å². The molecule has 1 atom stereocenters. The molecule has 0 bridgehead atoms. The second-order valence-corrected chi connectivity index (χ2v) is 5.28. The normalized spacial score (nSPS) is 20.8. The first-order valence-electron chi connectivity index (χ1n) is 6.60. The predicted molar refractivity (Wildman–Crippen MR) is 69.9 cm³/mol. The van der Waals surface area contributed by atoms with Gasteiger partial charge in [-0.15, -0.1) is 0 Å². The Morgan fingerprint density at radius 1 is 1.26 bits per heavy atom. The second-order valence-electron chi connectivity index (χ2n) is 5.28. The fourth-order valence-electron chi connectivity index (χ4n) is 2.42. The van der Waals surface area contributed by atoms with Gasteiger partial charge in [-0.1, -0.05) is 6.07 Å². The van der Waals surface area contributed by atoms with E-state index in [9.17, 15) is 13.9 Å². The molecule has 0 spiro atoms. The molecule has 0 aliphatic carbocycles. The number of β-amino-alcohol motifs (C(OH)–C–C–N with tert-alkyl or cyclic N) is 1. The summed E-state index contributed by atoms with van der Waals surface area (Å²) in [4.78, 5) is 2.14. The van der Waals surface area contributed by atoms with Crippen LogP contribution in [-0.2, 0) is 5.60 Å². The minimum Gasteiger partial charge on any atom is -0.384 e. The van der Waals surface area contributed by atoms with E-state index in [-0.39, 0.29) is 0 Å². The van der Waals surface area contributed by atoms with Gasteiger partial charge in [-0.25, -0.2) is 8.78 Å². The number of aliphatic hydroxyl groups is 1. The van der Waals surface area contributed by atoms with Crippen LogP contribution in [0.4, 0.5) is 8.78 Å². The van der Waals surface area contributed by atoms with Crippen molar-refractivity contribution in [3.05, 3.63) is 35.4 Å². The van der Waals surface area contributed by atoms with Crippen LogP contribution in [0.2, 0.25) is 0 Å². The Labute approximate surface area is 112 Å². The molecular weight excluding hydrogens is 250 g/mol. The van der Waals surface area contributed by atoms with Crippen LogP contribution in [0, 0.1) is 11.6 Å². The van der Waals surface area contributed by atoms with Gasteiger partial charge in [0.25, 0.3) is 0 Å². The largest absolute Gasteiger partial charge is 0.384 e. The summed E-state index contributed by atoms with van der Waals surface area (Å²) < 4.78 is 26.2. The van der Waals surface area contributed by atoms with Gasteiger partial charge in [0.2, 0.25) is 0 Å². The highest BCUT2D eigenvalue weighted by Crippen LogP contribution is 2.23. The molecule has 1 unspecified atom stereocenters. The first-order valence-corrected chi connectivity index (χ1v) is 6.60. The van der Waals surface area contributed by atoms with E-state index < -0.39 is 17.2 Å². The zero-order chi connectivity index (χ0) is 13.9. The lowest BCUT2D eigenvalue weighted by molar-refractivity contribution is 0.0174. The highest BCUT2D eigenvalue weighted by Gasteiger charge is 2.27. The summed E-state index contributed by atoms with van der Waals surface area (Å²) in [6.07, 6.45) is 1.02. The van der Waals surface area contributed by atoms with Crippen LogP contribution < -0.4 is 5.32 Å². The van der Waals surface area contributed by atoms with Crippen LogP contribution in [0.25, 0.3) is 0 Å². The molecule has 1 fully saturated rings. The van der Waals surface area contributed by atoms with E-state index in [2.05, 4.69) is 10.2 Å². The molecule has 1 heterocycles. The molecule has 2 N–H and O–H groups in total. The highest BCUT2D eigenvalue weighted by atomic mass is 19.2. The van der Waals surface area contributed by atoms with Crippen LogP contribution in [-0.4, -0.2) is 42.7 Å². The maximum atomic E-state index is 13.2. The molecule has 1 saturated heterocycles. The van der Waals surface area contributed by atoms with Crippen LogP contribution in [0.15, 0.2) is 18.2 Å². The fraction of sp³-hybridized carbons (Fsp3) is 0.571. The molecule has 0 amide bonds. The molecule has 0 radical (unpaired) electrons. The summed E-state index contributed by atoms with van der Waals surface area (Å²) in [6, 6.07) is 3.57. The third-order valence-electron chi connectivity index (χ3n) is 3.51. The molecule has 0 saturated carbocycles. The number of halogens is 2. The van der Waals surface area contributed by atoms with Gasteiger partial charge < -0.3 is 10.4 Å². The number of rotatable bonds is 3. The van der Waals surface area contributed by atoms with Crippen molar-refractivity contribution in [2.45, 2.75) is 18.9 Å². The van der Waals surface area contributed by atoms with Gasteiger partial charge in [0.1, 0.15) is 0 Å². The molecular formula is C14H20F2N2O. The Hall–Kier alpha value is -1.04. The van der Waals surface area contributed by atoms with Gasteiger partial charge in [-0.2, -0.15) is 0 Å².